The Morgan fingerprint density at radius 1 is 0.430 bits per heavy atom. The van der Waals surface area contributed by atoms with Crippen LogP contribution in [0.3, 0.4) is 0 Å². The number of benzene rings is 7. The summed E-state index contributed by atoms with van der Waals surface area (Å²) in [5.74, 6) is 2.46. The fourth-order valence-corrected chi connectivity index (χ4v) is 12.3. The quantitative estimate of drug-likeness (QED) is 0.0567. The van der Waals surface area contributed by atoms with Gasteiger partial charge in [-0.3, -0.25) is 9.78 Å². The van der Waals surface area contributed by atoms with Crippen LogP contribution in [0.4, 0.5) is 0 Å². The van der Waals surface area contributed by atoms with E-state index in [-0.39, 0.29) is 60.7 Å². The molecule has 10 heteroatoms. The molecule has 0 aliphatic carbocycles. The van der Waals surface area contributed by atoms with Gasteiger partial charge in [-0.25, -0.2) is 4.98 Å². The number of halogens is 2. The Bertz CT molecular complexity index is 4410. The van der Waals surface area contributed by atoms with Crippen LogP contribution < -0.4 is 0 Å². The molecule has 107 heavy (non-hydrogen) atoms. The molecule has 0 saturated heterocycles. The molecule has 0 aliphatic heterocycles. The summed E-state index contributed by atoms with van der Waals surface area (Å²) >= 11 is 7.48. The summed E-state index contributed by atoms with van der Waals surface area (Å²) < 4.78 is 0. The van der Waals surface area contributed by atoms with Crippen molar-refractivity contribution in [2.24, 2.45) is 10.8 Å². The fraction of sp³-hybridized carbons (Fsp3) is 0.402. The number of ketones is 1. The Morgan fingerprint density at radius 2 is 0.738 bits per heavy atom. The second-order valence-electron chi connectivity index (χ2n) is 33.9. The van der Waals surface area contributed by atoms with Crippen molar-refractivity contribution < 1.29 is 47.9 Å². The molecule has 4 aromatic heterocycles. The molecule has 4 heterocycles. The van der Waals surface area contributed by atoms with Crippen LogP contribution in [0, 0.1) is 51.2 Å². The van der Waals surface area contributed by atoms with Gasteiger partial charge >= 0.3 is 27.5 Å². The Morgan fingerprint density at radius 3 is 1.07 bits per heavy atom. The third-order valence-corrected chi connectivity index (χ3v) is 20.4. The number of rotatable bonds is 12. The van der Waals surface area contributed by atoms with Crippen molar-refractivity contribution >= 4 is 70.1 Å². The number of carbonyl (C=O) groups excluding carboxylic acids is 1. The molecule has 0 saturated carbocycles. The predicted molar refractivity (Wildman–Crippen MR) is 458 cm³/mol. The molecule has 6 nitrogen and oxygen atoms in total. The van der Waals surface area contributed by atoms with E-state index >= 15 is 0 Å². The molecule has 11 rings (SSSR count). The first kappa shape index (κ1) is 92.7. The first-order valence-electron chi connectivity index (χ1n) is 37.7. The van der Waals surface area contributed by atoms with E-state index in [1.54, 1.807) is 6.20 Å². The molecule has 0 bridgehead atoms. The molecular formula is C97H122Cl2Ir2N4O2-. The number of aliphatic hydroxyl groups is 1. The van der Waals surface area contributed by atoms with Gasteiger partial charge in [0.05, 0.1) is 5.69 Å². The van der Waals surface area contributed by atoms with Gasteiger partial charge in [0.15, 0.2) is 5.78 Å². The maximum Gasteiger partial charge on any atom is 0 e. The van der Waals surface area contributed by atoms with E-state index < -0.39 is 5.41 Å². The van der Waals surface area contributed by atoms with Crippen LogP contribution in [-0.4, -0.2) is 30.8 Å². The number of fused-ring (bicyclic) bond motifs is 4. The fourth-order valence-electron chi connectivity index (χ4n) is 12.0. The SMILES string of the molecule is CC(C)(C)C(=O)C=C(O)C(C)(C)C.CCC(C)c1ccc2c(-c3[c-]c(C)cc(C(C)(C)C)c3)nccc2c1.CCC(C)c1ccc2c(-c3[c-]c(C)cc(C(C)(C)C)c3)nccc2c1.CCC(C)c1ccc2c(-c3cc(C)cc(C(C)(C)C)c3)nccc2c1.CCC(C)c1ccc2c(Cl)nccc2c1.[CH3-].[Cl][Ir+2].[Ir]. The normalized spacial score (nSPS) is 12.9. The number of aryl methyl sites for hydroxylation is 3. The number of hydrogen-bond acceptors (Lipinski definition) is 6. The van der Waals surface area contributed by atoms with Gasteiger partial charge in [-0.2, -0.15) is 0 Å². The number of allylic oxidation sites excluding steroid dienone is 2. The standard InChI is InChI=1S/C24H29N.2C24H28N.C13H14ClN.C11H20O2.CH3.ClH.2Ir/c3*1-7-17(3)18-8-9-22-19(14-18)10-11-25-23(22)20-12-16(2)13-21(15-20)24(4,5)6;1-3-9(2)10-4-5-12-11(8-10)6-7-15-13(12)14;1-10(2,3)8(12)7-9(13)11(4,5)6;;;;/h8-15,17H,7H2,1-6H3;2*8-11,13-15,17H,7H2,1-6H3;4-9H,3H2,1-2H3;7,12H,1-6H3;1H3;1H;;/q;2*-1;;;-1;;;+3/p-1. The second-order valence-corrected chi connectivity index (χ2v) is 34.3. The topological polar surface area (TPSA) is 88.9 Å². The Labute approximate surface area is 679 Å². The first-order valence-corrected chi connectivity index (χ1v) is 41.0. The third-order valence-electron chi connectivity index (χ3n) is 20.1. The van der Waals surface area contributed by atoms with Crippen molar-refractivity contribution in [1.82, 2.24) is 19.9 Å². The molecule has 4 atom stereocenters. The molecule has 1 radical (unpaired) electrons. The zero-order valence-corrected chi connectivity index (χ0v) is 75.7. The average molecular weight is 1830 g/mol. The monoisotopic (exact) mass is 1830 g/mol. The summed E-state index contributed by atoms with van der Waals surface area (Å²) in [7, 11) is 4.64. The third kappa shape index (κ3) is 25.7. The molecular weight excluding hydrogens is 1710 g/mol. The van der Waals surface area contributed by atoms with Crippen LogP contribution in [0.2, 0.25) is 5.15 Å². The number of hydrogen-bond donors (Lipinski definition) is 1. The number of pyridine rings is 4. The number of aliphatic hydroxyl groups excluding tert-OH is 1. The van der Waals surface area contributed by atoms with Crippen LogP contribution in [0.15, 0.2) is 176 Å². The van der Waals surface area contributed by atoms with Crippen molar-refractivity contribution in [3.8, 4) is 33.8 Å². The smallest absolute Gasteiger partial charge is 0 e. The van der Waals surface area contributed by atoms with E-state index in [0.29, 0.717) is 28.8 Å². The van der Waals surface area contributed by atoms with Crippen molar-refractivity contribution in [2.75, 3.05) is 0 Å². The van der Waals surface area contributed by atoms with E-state index in [0.717, 1.165) is 70.4 Å². The number of carbonyl (C=O) groups is 1. The van der Waals surface area contributed by atoms with Gasteiger partial charge in [-0.15, -0.1) is 69.8 Å². The van der Waals surface area contributed by atoms with Crippen molar-refractivity contribution in [3.05, 3.63) is 256 Å². The predicted octanol–water partition coefficient (Wildman–Crippen LogP) is 29.3. The van der Waals surface area contributed by atoms with E-state index in [9.17, 15) is 9.90 Å². The van der Waals surface area contributed by atoms with Crippen molar-refractivity contribution in [2.45, 2.75) is 246 Å². The van der Waals surface area contributed by atoms with Crippen LogP contribution in [0.1, 0.15) is 264 Å². The van der Waals surface area contributed by atoms with E-state index in [1.165, 1.54) is 112 Å². The minimum Gasteiger partial charge on any atom is 0 e. The molecule has 11 aromatic rings. The zero-order valence-electron chi connectivity index (χ0n) is 69.4. The molecule has 0 amide bonds. The van der Waals surface area contributed by atoms with Gasteiger partial charge in [0.1, 0.15) is 10.9 Å². The zero-order chi connectivity index (χ0) is 78.3. The molecule has 575 valence electrons. The largest absolute Gasteiger partial charge is 0 e. The van der Waals surface area contributed by atoms with Gasteiger partial charge < -0.3 is 22.5 Å². The van der Waals surface area contributed by atoms with Gasteiger partial charge in [0.2, 0.25) is 0 Å². The summed E-state index contributed by atoms with van der Waals surface area (Å²) in [4.78, 5) is 29.7. The summed E-state index contributed by atoms with van der Waals surface area (Å²) in [6, 6.07) is 58.0. The van der Waals surface area contributed by atoms with Gasteiger partial charge in [-0.05, 0) is 180 Å². The van der Waals surface area contributed by atoms with Crippen LogP contribution >= 0.6 is 21.2 Å². The summed E-state index contributed by atoms with van der Waals surface area (Å²) in [6.45, 7) is 55.8. The average Bonchev–Trinajstić information content (AvgIpc) is 0.798. The maximum atomic E-state index is 11.5. The summed E-state index contributed by atoms with van der Waals surface area (Å²) in [6.07, 6.45) is 13.5. The Kier molecular flexibility index (Phi) is 34.9. The van der Waals surface area contributed by atoms with E-state index in [2.05, 4.69) is 299 Å². The van der Waals surface area contributed by atoms with Crippen LogP contribution in [0.25, 0.3) is 76.9 Å². The van der Waals surface area contributed by atoms with Gasteiger partial charge in [0.25, 0.3) is 0 Å². The number of nitrogens with zero attached hydrogens (tertiary/aromatic N) is 4. The maximum absolute atomic E-state index is 11.5. The van der Waals surface area contributed by atoms with Crippen LogP contribution in [0.5, 0.6) is 0 Å². The minimum absolute atomic E-state index is 0. The second kappa shape index (κ2) is 40.3. The van der Waals surface area contributed by atoms with E-state index in [1.807, 2.05) is 66.2 Å². The Balaban J connectivity index is 0.000000286. The molecule has 7 aromatic carbocycles. The van der Waals surface area contributed by atoms with Gasteiger partial charge in [0, 0.05) is 78.1 Å². The molecule has 0 fully saturated rings. The molecule has 4 unspecified atom stereocenters. The first-order chi connectivity index (χ1) is 49.1. The Hall–Kier alpha value is -6.73. The van der Waals surface area contributed by atoms with Crippen molar-refractivity contribution in [3.63, 3.8) is 0 Å². The summed E-state index contributed by atoms with van der Waals surface area (Å²) in [5.41, 5.74) is 19.3. The van der Waals surface area contributed by atoms with Crippen LogP contribution in [-0.2, 0) is 59.0 Å². The molecule has 0 aliphatic rings. The van der Waals surface area contributed by atoms with Crippen molar-refractivity contribution in [1.29, 1.82) is 0 Å². The summed E-state index contributed by atoms with van der Waals surface area (Å²) in [5, 5.41) is 19.8. The van der Waals surface area contributed by atoms with Gasteiger partial charge in [-0.1, -0.05) is 269 Å². The minimum atomic E-state index is -0.417. The molecule has 1 N–H and O–H groups in total. The number of aromatic nitrogens is 4. The van der Waals surface area contributed by atoms with E-state index in [4.69, 9.17) is 26.6 Å². The molecule has 0 spiro atoms.